The first kappa shape index (κ1) is 10.8. The summed E-state index contributed by atoms with van der Waals surface area (Å²) in [4.78, 5) is 4.05. The van der Waals surface area contributed by atoms with Crippen LogP contribution in [-0.2, 0) is 6.54 Å². The molecule has 90 valence electrons. The summed E-state index contributed by atoms with van der Waals surface area (Å²) in [6, 6.07) is 12.6. The molecule has 0 radical (unpaired) electrons. The maximum atomic E-state index is 5.23. The van der Waals surface area contributed by atoms with Crippen LogP contribution in [0.15, 0.2) is 55.1 Å². The van der Waals surface area contributed by atoms with Gasteiger partial charge in [0, 0.05) is 18.9 Å². The highest BCUT2D eigenvalue weighted by molar-refractivity contribution is 5.84. The van der Waals surface area contributed by atoms with Crippen molar-refractivity contribution in [2.75, 3.05) is 7.11 Å². The Bertz CT molecular complexity index is 659. The van der Waals surface area contributed by atoms with Gasteiger partial charge in [0.05, 0.1) is 13.4 Å². The predicted molar refractivity (Wildman–Crippen MR) is 71.8 cm³/mol. The molecule has 0 fully saturated rings. The van der Waals surface area contributed by atoms with Crippen molar-refractivity contribution in [1.82, 2.24) is 9.55 Å². The van der Waals surface area contributed by atoms with Gasteiger partial charge >= 0.3 is 0 Å². The molecule has 3 rings (SSSR count). The normalized spacial score (nSPS) is 10.7. The second-order valence-electron chi connectivity index (χ2n) is 4.28. The van der Waals surface area contributed by atoms with Crippen LogP contribution in [0.25, 0.3) is 10.8 Å². The molecule has 2 aromatic carbocycles. The lowest BCUT2D eigenvalue weighted by atomic mass is 10.1. The molecule has 1 heterocycles. The molecular weight excluding hydrogens is 224 g/mol. The number of imidazole rings is 1. The van der Waals surface area contributed by atoms with Gasteiger partial charge in [-0.1, -0.05) is 18.2 Å². The number of aromatic nitrogens is 2. The Morgan fingerprint density at radius 3 is 2.72 bits per heavy atom. The molecule has 0 atom stereocenters. The highest BCUT2D eigenvalue weighted by Crippen LogP contribution is 2.22. The topological polar surface area (TPSA) is 27.1 Å². The smallest absolute Gasteiger partial charge is 0.119 e. The van der Waals surface area contributed by atoms with Crippen LogP contribution >= 0.6 is 0 Å². The van der Waals surface area contributed by atoms with Crippen molar-refractivity contribution in [1.29, 1.82) is 0 Å². The number of fused-ring (bicyclic) bond motifs is 1. The Hall–Kier alpha value is -2.29. The van der Waals surface area contributed by atoms with Crippen LogP contribution in [0.5, 0.6) is 5.75 Å². The largest absolute Gasteiger partial charge is 0.497 e. The number of ether oxygens (including phenoxy) is 1. The van der Waals surface area contributed by atoms with E-state index in [0.29, 0.717) is 0 Å². The average molecular weight is 238 g/mol. The first-order valence-corrected chi connectivity index (χ1v) is 5.87. The van der Waals surface area contributed by atoms with E-state index in [0.717, 1.165) is 12.3 Å². The van der Waals surface area contributed by atoms with Crippen molar-refractivity contribution < 1.29 is 4.74 Å². The monoisotopic (exact) mass is 238 g/mol. The maximum absolute atomic E-state index is 5.23. The summed E-state index contributed by atoms with van der Waals surface area (Å²) in [6.45, 7) is 0.849. The van der Waals surface area contributed by atoms with Crippen LogP contribution in [-0.4, -0.2) is 16.7 Å². The molecule has 1 aromatic heterocycles. The molecule has 0 aliphatic heterocycles. The minimum absolute atomic E-state index is 0.849. The Morgan fingerprint density at radius 1 is 1.11 bits per heavy atom. The summed E-state index contributed by atoms with van der Waals surface area (Å²) in [5.41, 5.74) is 1.27. The summed E-state index contributed by atoms with van der Waals surface area (Å²) in [7, 11) is 1.69. The van der Waals surface area contributed by atoms with Gasteiger partial charge in [0.2, 0.25) is 0 Å². The summed E-state index contributed by atoms with van der Waals surface area (Å²) in [5.74, 6) is 0.893. The summed E-state index contributed by atoms with van der Waals surface area (Å²) >= 11 is 0. The third-order valence-corrected chi connectivity index (χ3v) is 3.04. The zero-order chi connectivity index (χ0) is 12.4. The van der Waals surface area contributed by atoms with Gasteiger partial charge in [-0.25, -0.2) is 4.98 Å². The molecule has 0 saturated heterocycles. The van der Waals surface area contributed by atoms with E-state index >= 15 is 0 Å². The van der Waals surface area contributed by atoms with Crippen LogP contribution in [0, 0.1) is 0 Å². The molecule has 3 nitrogen and oxygen atoms in total. The van der Waals surface area contributed by atoms with E-state index in [1.807, 2.05) is 18.6 Å². The Labute approximate surface area is 106 Å². The van der Waals surface area contributed by atoms with E-state index in [2.05, 4.69) is 39.9 Å². The first-order valence-electron chi connectivity index (χ1n) is 5.87. The maximum Gasteiger partial charge on any atom is 0.119 e. The summed E-state index contributed by atoms with van der Waals surface area (Å²) in [6.07, 6.45) is 5.60. The molecule has 0 amide bonds. The van der Waals surface area contributed by atoms with Crippen LogP contribution in [0.4, 0.5) is 0 Å². The van der Waals surface area contributed by atoms with Crippen molar-refractivity contribution in [2.24, 2.45) is 0 Å². The molecule has 0 aliphatic rings. The number of benzene rings is 2. The lowest BCUT2D eigenvalue weighted by Gasteiger charge is -2.06. The number of nitrogens with zero attached hydrogens (tertiary/aromatic N) is 2. The molecular formula is C15H14N2O. The fourth-order valence-corrected chi connectivity index (χ4v) is 2.09. The Balaban J connectivity index is 1.96. The number of rotatable bonds is 3. The molecule has 0 bridgehead atoms. The second-order valence-corrected chi connectivity index (χ2v) is 4.28. The third kappa shape index (κ3) is 2.07. The zero-order valence-corrected chi connectivity index (χ0v) is 10.2. The van der Waals surface area contributed by atoms with E-state index in [1.165, 1.54) is 16.3 Å². The van der Waals surface area contributed by atoms with Gasteiger partial charge in [-0.3, -0.25) is 0 Å². The third-order valence-electron chi connectivity index (χ3n) is 3.04. The van der Waals surface area contributed by atoms with Gasteiger partial charge in [-0.2, -0.15) is 0 Å². The van der Waals surface area contributed by atoms with E-state index in [-0.39, 0.29) is 0 Å². The molecule has 0 saturated carbocycles. The highest BCUT2D eigenvalue weighted by Gasteiger charge is 1.99. The Kier molecular flexibility index (Phi) is 2.73. The van der Waals surface area contributed by atoms with E-state index < -0.39 is 0 Å². The minimum Gasteiger partial charge on any atom is -0.497 e. The SMILES string of the molecule is COc1ccc2cc(Cn3ccnc3)ccc2c1. The van der Waals surface area contributed by atoms with E-state index in [9.17, 15) is 0 Å². The molecule has 0 N–H and O–H groups in total. The molecule has 0 aliphatic carbocycles. The number of hydrogen-bond acceptors (Lipinski definition) is 2. The van der Waals surface area contributed by atoms with Crippen molar-refractivity contribution in [3.63, 3.8) is 0 Å². The van der Waals surface area contributed by atoms with Crippen LogP contribution in [0.2, 0.25) is 0 Å². The summed E-state index contributed by atoms with van der Waals surface area (Å²) in [5, 5.41) is 2.43. The van der Waals surface area contributed by atoms with E-state index in [4.69, 9.17) is 4.74 Å². The van der Waals surface area contributed by atoms with Crippen LogP contribution < -0.4 is 4.74 Å². The van der Waals surface area contributed by atoms with Gasteiger partial charge in [-0.05, 0) is 34.5 Å². The quantitative estimate of drug-likeness (QED) is 0.701. The second kappa shape index (κ2) is 4.53. The van der Waals surface area contributed by atoms with Gasteiger partial charge < -0.3 is 9.30 Å². The molecule has 3 heteroatoms. The molecule has 0 unspecified atom stereocenters. The summed E-state index contributed by atoms with van der Waals surface area (Å²) < 4.78 is 7.29. The molecule has 18 heavy (non-hydrogen) atoms. The minimum atomic E-state index is 0.849. The van der Waals surface area contributed by atoms with Crippen molar-refractivity contribution in [2.45, 2.75) is 6.54 Å². The zero-order valence-electron chi connectivity index (χ0n) is 10.2. The van der Waals surface area contributed by atoms with Gasteiger partial charge in [0.1, 0.15) is 5.75 Å². The average Bonchev–Trinajstić information content (AvgIpc) is 2.91. The van der Waals surface area contributed by atoms with Crippen molar-refractivity contribution in [3.8, 4) is 5.75 Å². The fourth-order valence-electron chi connectivity index (χ4n) is 2.09. The number of methoxy groups -OCH3 is 1. The van der Waals surface area contributed by atoms with Gasteiger partial charge in [0.15, 0.2) is 0 Å². The molecule has 3 aromatic rings. The van der Waals surface area contributed by atoms with Crippen molar-refractivity contribution >= 4 is 10.8 Å². The van der Waals surface area contributed by atoms with E-state index in [1.54, 1.807) is 13.3 Å². The first-order chi connectivity index (χ1) is 8.85. The molecule has 0 spiro atoms. The van der Waals surface area contributed by atoms with Gasteiger partial charge in [0.25, 0.3) is 0 Å². The predicted octanol–water partition coefficient (Wildman–Crippen LogP) is 3.09. The van der Waals surface area contributed by atoms with Crippen LogP contribution in [0.1, 0.15) is 5.56 Å². The fraction of sp³-hybridized carbons (Fsp3) is 0.133. The standard InChI is InChI=1S/C15H14N2O/c1-18-15-5-4-13-8-12(2-3-14(13)9-15)10-17-7-6-16-11-17/h2-9,11H,10H2,1H3. The van der Waals surface area contributed by atoms with Crippen LogP contribution in [0.3, 0.4) is 0 Å². The lowest BCUT2D eigenvalue weighted by Crippen LogP contribution is -1.96. The lowest BCUT2D eigenvalue weighted by molar-refractivity contribution is 0.415. The van der Waals surface area contributed by atoms with Gasteiger partial charge in [-0.15, -0.1) is 0 Å². The van der Waals surface area contributed by atoms with Crippen molar-refractivity contribution in [3.05, 3.63) is 60.7 Å². The Morgan fingerprint density at radius 2 is 1.94 bits per heavy atom. The highest BCUT2D eigenvalue weighted by atomic mass is 16.5. The number of hydrogen-bond donors (Lipinski definition) is 0.